The molecule has 0 radical (unpaired) electrons. The Balaban J connectivity index is 0.00000264. The molecule has 0 atom stereocenters. The van der Waals surface area contributed by atoms with E-state index >= 15 is 0 Å². The first kappa shape index (κ1) is 20.5. The number of hydrogen-bond acceptors (Lipinski definition) is 2. The van der Waals surface area contributed by atoms with E-state index in [-0.39, 0.29) is 24.4 Å². The summed E-state index contributed by atoms with van der Waals surface area (Å²) in [5.41, 5.74) is 1.19. The van der Waals surface area contributed by atoms with E-state index in [1.165, 1.54) is 18.4 Å². The van der Waals surface area contributed by atoms with Gasteiger partial charge in [-0.3, -0.25) is 4.79 Å². The summed E-state index contributed by atoms with van der Waals surface area (Å²) < 4.78 is 1.07. The molecule has 0 bridgehead atoms. The Labute approximate surface area is 154 Å². The van der Waals surface area contributed by atoms with Gasteiger partial charge in [-0.15, -0.1) is 12.4 Å². The minimum Gasteiger partial charge on any atom is -0.336 e. The van der Waals surface area contributed by atoms with Crippen molar-refractivity contribution in [2.75, 3.05) is 13.1 Å². The maximum absolute atomic E-state index is 12.6. The van der Waals surface area contributed by atoms with Gasteiger partial charge in [0.25, 0.3) is 0 Å². The molecule has 3 nitrogen and oxygen atoms in total. The molecule has 1 aliphatic heterocycles. The van der Waals surface area contributed by atoms with Crippen molar-refractivity contribution in [3.05, 3.63) is 34.3 Å². The zero-order valence-electron chi connectivity index (χ0n) is 14.1. The van der Waals surface area contributed by atoms with E-state index in [0.717, 1.165) is 24.0 Å². The van der Waals surface area contributed by atoms with Crippen LogP contribution in [0.4, 0.5) is 0 Å². The van der Waals surface area contributed by atoms with Crippen LogP contribution in [-0.2, 0) is 11.3 Å². The average Bonchev–Trinajstić information content (AvgIpc) is 2.52. The zero-order chi connectivity index (χ0) is 15.9. The first-order valence-corrected chi connectivity index (χ1v) is 9.10. The topological polar surface area (TPSA) is 32.3 Å². The van der Waals surface area contributed by atoms with Crippen LogP contribution in [0.2, 0.25) is 0 Å². The molecule has 0 aromatic heterocycles. The van der Waals surface area contributed by atoms with Crippen LogP contribution in [0, 0.1) is 5.92 Å². The number of amides is 1. The maximum Gasteiger partial charge on any atom is 0.223 e. The minimum absolute atomic E-state index is 0. The van der Waals surface area contributed by atoms with E-state index in [4.69, 9.17) is 0 Å². The molecule has 1 aromatic carbocycles. The van der Waals surface area contributed by atoms with Crippen LogP contribution < -0.4 is 5.32 Å². The van der Waals surface area contributed by atoms with Crippen LogP contribution in [-0.4, -0.2) is 29.9 Å². The van der Waals surface area contributed by atoms with E-state index in [2.05, 4.69) is 47.2 Å². The van der Waals surface area contributed by atoms with Crippen LogP contribution in [0.3, 0.4) is 0 Å². The number of nitrogens with one attached hydrogen (secondary N) is 1. The van der Waals surface area contributed by atoms with Gasteiger partial charge in [0, 0.05) is 23.5 Å². The van der Waals surface area contributed by atoms with Crippen LogP contribution in [0.5, 0.6) is 0 Å². The van der Waals surface area contributed by atoms with E-state index in [1.54, 1.807) is 0 Å². The molecule has 0 spiro atoms. The van der Waals surface area contributed by atoms with Gasteiger partial charge in [0.15, 0.2) is 0 Å². The number of benzene rings is 1. The monoisotopic (exact) mass is 402 g/mol. The summed E-state index contributed by atoms with van der Waals surface area (Å²) in [5, 5.41) is 3.38. The number of carbonyl (C=O) groups excluding carboxylic acids is 1. The highest BCUT2D eigenvalue weighted by atomic mass is 79.9. The van der Waals surface area contributed by atoms with Gasteiger partial charge < -0.3 is 10.2 Å². The first-order valence-electron chi connectivity index (χ1n) is 8.31. The summed E-state index contributed by atoms with van der Waals surface area (Å²) in [5.74, 6) is 1.00. The van der Waals surface area contributed by atoms with Gasteiger partial charge in [-0.25, -0.2) is 0 Å². The molecule has 23 heavy (non-hydrogen) atoms. The number of hydrogen-bond donors (Lipinski definition) is 1. The van der Waals surface area contributed by atoms with Crippen molar-refractivity contribution in [1.82, 2.24) is 10.2 Å². The Kier molecular flexibility index (Phi) is 9.18. The van der Waals surface area contributed by atoms with Crippen molar-refractivity contribution in [3.63, 3.8) is 0 Å². The molecule has 1 heterocycles. The summed E-state index contributed by atoms with van der Waals surface area (Å²) >= 11 is 3.45. The van der Waals surface area contributed by atoms with Gasteiger partial charge in [0.05, 0.1) is 0 Å². The second-order valence-corrected chi connectivity index (χ2v) is 7.39. The largest absolute Gasteiger partial charge is 0.336 e. The highest BCUT2D eigenvalue weighted by Crippen LogP contribution is 2.20. The molecule has 1 aliphatic rings. The first-order chi connectivity index (χ1) is 10.6. The Morgan fingerprint density at radius 3 is 2.43 bits per heavy atom. The lowest BCUT2D eigenvalue weighted by atomic mass is 9.93. The van der Waals surface area contributed by atoms with Crippen LogP contribution >= 0.6 is 28.3 Å². The standard InChI is InChI=1S/C18H27BrN2O.ClH/c1-14(2)21(13-16-3-6-17(19)7-4-16)18(22)8-5-15-9-11-20-12-10-15;/h3-4,6-7,14-15,20H,5,8-13H2,1-2H3;1H. The Hall–Kier alpha value is -0.580. The highest BCUT2D eigenvalue weighted by Gasteiger charge is 2.20. The summed E-state index contributed by atoms with van der Waals surface area (Å²) in [7, 11) is 0. The predicted octanol–water partition coefficient (Wildman–Crippen LogP) is 4.39. The Bertz CT molecular complexity index is 472. The summed E-state index contributed by atoms with van der Waals surface area (Å²) in [6.07, 6.45) is 4.13. The van der Waals surface area contributed by atoms with E-state index < -0.39 is 0 Å². The fourth-order valence-corrected chi connectivity index (χ4v) is 3.25. The molecule has 130 valence electrons. The van der Waals surface area contributed by atoms with Gasteiger partial charge in [-0.2, -0.15) is 0 Å². The van der Waals surface area contributed by atoms with E-state index in [0.29, 0.717) is 18.9 Å². The van der Waals surface area contributed by atoms with E-state index in [9.17, 15) is 4.79 Å². The van der Waals surface area contributed by atoms with Crippen molar-refractivity contribution in [2.45, 2.75) is 52.1 Å². The normalized spacial score (nSPS) is 15.3. The average molecular weight is 404 g/mol. The van der Waals surface area contributed by atoms with Gasteiger partial charge >= 0.3 is 0 Å². The third-order valence-corrected chi connectivity index (χ3v) is 4.96. The number of nitrogens with zero attached hydrogens (tertiary/aromatic N) is 1. The van der Waals surface area contributed by atoms with E-state index in [1.807, 2.05) is 17.0 Å². The van der Waals surface area contributed by atoms with Gasteiger partial charge in [-0.1, -0.05) is 28.1 Å². The van der Waals surface area contributed by atoms with Crippen molar-refractivity contribution in [3.8, 4) is 0 Å². The van der Waals surface area contributed by atoms with Crippen molar-refractivity contribution in [1.29, 1.82) is 0 Å². The zero-order valence-corrected chi connectivity index (χ0v) is 16.5. The number of piperidine rings is 1. The molecule has 1 aromatic rings. The molecular weight excluding hydrogens is 376 g/mol. The molecule has 2 rings (SSSR count). The van der Waals surface area contributed by atoms with Crippen LogP contribution in [0.25, 0.3) is 0 Å². The maximum atomic E-state index is 12.6. The fourth-order valence-electron chi connectivity index (χ4n) is 2.99. The lowest BCUT2D eigenvalue weighted by Gasteiger charge is -2.28. The quantitative estimate of drug-likeness (QED) is 0.764. The molecule has 1 fully saturated rings. The summed E-state index contributed by atoms with van der Waals surface area (Å²) in [6.45, 7) is 7.11. The van der Waals surface area contributed by atoms with Gasteiger partial charge in [-0.05, 0) is 69.8 Å². The van der Waals surface area contributed by atoms with Gasteiger partial charge in [0.1, 0.15) is 0 Å². The third kappa shape index (κ3) is 6.82. The highest BCUT2D eigenvalue weighted by molar-refractivity contribution is 9.10. The lowest BCUT2D eigenvalue weighted by Crippen LogP contribution is -2.37. The van der Waals surface area contributed by atoms with Crippen molar-refractivity contribution in [2.24, 2.45) is 5.92 Å². The molecule has 1 saturated heterocycles. The molecule has 1 N–H and O–H groups in total. The predicted molar refractivity (Wildman–Crippen MR) is 102 cm³/mol. The molecule has 0 aliphatic carbocycles. The second-order valence-electron chi connectivity index (χ2n) is 6.47. The molecule has 0 saturated carbocycles. The molecular formula is C18H28BrClN2O. The number of halogens is 2. The van der Waals surface area contributed by atoms with Gasteiger partial charge in [0.2, 0.25) is 5.91 Å². The summed E-state index contributed by atoms with van der Waals surface area (Å²) in [4.78, 5) is 14.6. The van der Waals surface area contributed by atoms with Crippen LogP contribution in [0.15, 0.2) is 28.7 Å². The number of rotatable bonds is 6. The Morgan fingerprint density at radius 1 is 1.26 bits per heavy atom. The molecule has 5 heteroatoms. The lowest BCUT2D eigenvalue weighted by molar-refractivity contribution is -0.133. The third-order valence-electron chi connectivity index (χ3n) is 4.44. The van der Waals surface area contributed by atoms with Crippen molar-refractivity contribution >= 4 is 34.2 Å². The van der Waals surface area contributed by atoms with Crippen LogP contribution in [0.1, 0.15) is 45.1 Å². The Morgan fingerprint density at radius 2 is 1.87 bits per heavy atom. The molecule has 0 unspecified atom stereocenters. The van der Waals surface area contributed by atoms with Crippen molar-refractivity contribution < 1.29 is 4.79 Å². The fraction of sp³-hybridized carbons (Fsp3) is 0.611. The summed E-state index contributed by atoms with van der Waals surface area (Å²) in [6, 6.07) is 8.48. The SMILES string of the molecule is CC(C)N(Cc1ccc(Br)cc1)C(=O)CCC1CCNCC1.Cl. The number of carbonyl (C=O) groups is 1. The second kappa shape index (κ2) is 10.3. The smallest absolute Gasteiger partial charge is 0.223 e. The molecule has 1 amide bonds. The minimum atomic E-state index is 0.